The zero-order chi connectivity index (χ0) is 16.2. The van der Waals surface area contributed by atoms with Crippen molar-refractivity contribution in [2.75, 3.05) is 0 Å². The molecule has 24 heavy (non-hydrogen) atoms. The third kappa shape index (κ3) is 3.30. The third-order valence-electron chi connectivity index (χ3n) is 4.54. The second-order valence-electron chi connectivity index (χ2n) is 6.28. The van der Waals surface area contributed by atoms with Crippen LogP contribution in [0.3, 0.4) is 0 Å². The Morgan fingerprint density at radius 2 is 2.00 bits per heavy atom. The van der Waals surface area contributed by atoms with Crippen molar-refractivity contribution in [3.63, 3.8) is 0 Å². The zero-order valence-corrected chi connectivity index (χ0v) is 13.6. The predicted octanol–water partition coefficient (Wildman–Crippen LogP) is 3.39. The van der Waals surface area contributed by atoms with Crippen LogP contribution in [0.1, 0.15) is 42.3 Å². The van der Waals surface area contributed by atoms with Crippen LogP contribution in [0, 0.1) is 0 Å². The lowest BCUT2D eigenvalue weighted by Crippen LogP contribution is -2.10. The van der Waals surface area contributed by atoms with Crippen molar-refractivity contribution in [3.05, 3.63) is 78.2 Å². The Balaban J connectivity index is 1.47. The first-order valence-electron chi connectivity index (χ1n) is 8.47. The van der Waals surface area contributed by atoms with Crippen molar-refractivity contribution < 1.29 is 0 Å². The fraction of sp³-hybridized carbons (Fsp3) is 0.316. The Morgan fingerprint density at radius 3 is 2.83 bits per heavy atom. The largest absolute Gasteiger partial charge is 0.329 e. The summed E-state index contributed by atoms with van der Waals surface area (Å²) in [4.78, 5) is 4.49. The molecule has 122 valence electrons. The summed E-state index contributed by atoms with van der Waals surface area (Å²) in [6.45, 7) is 1.47. The third-order valence-corrected chi connectivity index (χ3v) is 4.54. The molecule has 5 nitrogen and oxygen atoms in total. The smallest absolute Gasteiger partial charge is 0.130 e. The van der Waals surface area contributed by atoms with Gasteiger partial charge in [-0.25, -0.2) is 9.67 Å². The molecule has 0 N–H and O–H groups in total. The van der Waals surface area contributed by atoms with Gasteiger partial charge in [-0.2, -0.15) is 0 Å². The summed E-state index contributed by atoms with van der Waals surface area (Å²) in [7, 11) is 0. The number of nitrogens with zero attached hydrogens (tertiary/aromatic N) is 5. The van der Waals surface area contributed by atoms with Crippen molar-refractivity contribution in [3.8, 4) is 0 Å². The Bertz CT molecular complexity index is 815. The molecule has 2 heterocycles. The van der Waals surface area contributed by atoms with Crippen molar-refractivity contribution in [2.24, 2.45) is 0 Å². The minimum Gasteiger partial charge on any atom is -0.329 e. The van der Waals surface area contributed by atoms with E-state index in [2.05, 4.69) is 62.5 Å². The highest BCUT2D eigenvalue weighted by Gasteiger charge is 2.16. The van der Waals surface area contributed by atoms with Crippen LogP contribution in [0.4, 0.5) is 0 Å². The number of benzene rings is 1. The van der Waals surface area contributed by atoms with Crippen LogP contribution in [0.15, 0.2) is 61.1 Å². The van der Waals surface area contributed by atoms with Gasteiger partial charge in [0.2, 0.25) is 0 Å². The molecule has 5 heteroatoms. The fourth-order valence-corrected chi connectivity index (χ4v) is 3.20. The van der Waals surface area contributed by atoms with E-state index in [4.69, 9.17) is 0 Å². The molecule has 0 spiro atoms. The highest BCUT2D eigenvalue weighted by Crippen LogP contribution is 2.27. The maximum atomic E-state index is 4.49. The van der Waals surface area contributed by atoms with Crippen LogP contribution in [0.25, 0.3) is 0 Å². The van der Waals surface area contributed by atoms with Crippen LogP contribution < -0.4 is 0 Å². The number of hydrogen-bond acceptors (Lipinski definition) is 3. The summed E-state index contributed by atoms with van der Waals surface area (Å²) in [6.07, 6.45) is 13.8. The number of allylic oxidation sites excluding steroid dienone is 2. The molecule has 0 amide bonds. The van der Waals surface area contributed by atoms with Gasteiger partial charge in [0.25, 0.3) is 0 Å². The molecular formula is C19H21N5. The Hall–Kier alpha value is -2.69. The summed E-state index contributed by atoms with van der Waals surface area (Å²) in [6, 6.07) is 10.4. The number of aromatic nitrogens is 5. The van der Waals surface area contributed by atoms with Gasteiger partial charge in [0.15, 0.2) is 0 Å². The monoisotopic (exact) mass is 319 g/mol. The molecule has 0 saturated carbocycles. The average Bonchev–Trinajstić information content (AvgIpc) is 3.27. The van der Waals surface area contributed by atoms with Gasteiger partial charge in [-0.05, 0) is 24.8 Å². The van der Waals surface area contributed by atoms with Gasteiger partial charge in [-0.15, -0.1) is 5.10 Å². The minimum absolute atomic E-state index is 0.507. The SMILES string of the molecule is C1=CCC(c2cn(Cc3nccn3Cc3ccccc3)nn2)CC1. The zero-order valence-electron chi connectivity index (χ0n) is 13.6. The van der Waals surface area contributed by atoms with Crippen molar-refractivity contribution >= 4 is 0 Å². The van der Waals surface area contributed by atoms with E-state index in [1.165, 1.54) is 5.56 Å². The Kier molecular flexibility index (Phi) is 4.23. The fourth-order valence-electron chi connectivity index (χ4n) is 3.20. The van der Waals surface area contributed by atoms with E-state index in [0.717, 1.165) is 37.3 Å². The number of hydrogen-bond donors (Lipinski definition) is 0. The molecule has 0 bridgehead atoms. The molecule has 0 radical (unpaired) electrons. The van der Waals surface area contributed by atoms with E-state index >= 15 is 0 Å². The Morgan fingerprint density at radius 1 is 1.08 bits per heavy atom. The molecule has 1 aliphatic rings. The summed E-state index contributed by atoms with van der Waals surface area (Å²) < 4.78 is 4.07. The predicted molar refractivity (Wildman–Crippen MR) is 92.6 cm³/mol. The maximum absolute atomic E-state index is 4.49. The van der Waals surface area contributed by atoms with Gasteiger partial charge in [-0.1, -0.05) is 47.7 Å². The molecular weight excluding hydrogens is 298 g/mol. The van der Waals surface area contributed by atoms with Crippen LogP contribution in [-0.4, -0.2) is 24.5 Å². The second kappa shape index (κ2) is 6.83. The highest BCUT2D eigenvalue weighted by atomic mass is 15.4. The van der Waals surface area contributed by atoms with Gasteiger partial charge in [0, 0.05) is 31.1 Å². The highest BCUT2D eigenvalue weighted by molar-refractivity contribution is 5.16. The van der Waals surface area contributed by atoms with E-state index in [1.807, 2.05) is 23.1 Å². The second-order valence-corrected chi connectivity index (χ2v) is 6.28. The average molecular weight is 319 g/mol. The molecule has 4 rings (SSSR count). The van der Waals surface area contributed by atoms with Crippen LogP contribution in [-0.2, 0) is 13.1 Å². The van der Waals surface area contributed by atoms with Crippen LogP contribution in [0.5, 0.6) is 0 Å². The number of rotatable bonds is 5. The van der Waals surface area contributed by atoms with Crippen molar-refractivity contribution in [1.29, 1.82) is 0 Å². The summed E-state index contributed by atoms with van der Waals surface area (Å²) >= 11 is 0. The summed E-state index contributed by atoms with van der Waals surface area (Å²) in [5.74, 6) is 1.51. The quantitative estimate of drug-likeness (QED) is 0.677. The van der Waals surface area contributed by atoms with E-state index in [1.54, 1.807) is 0 Å². The molecule has 0 fully saturated rings. The summed E-state index contributed by atoms with van der Waals surface area (Å²) in [5, 5.41) is 8.68. The lowest BCUT2D eigenvalue weighted by Gasteiger charge is -2.14. The van der Waals surface area contributed by atoms with E-state index < -0.39 is 0 Å². The van der Waals surface area contributed by atoms with Gasteiger partial charge >= 0.3 is 0 Å². The van der Waals surface area contributed by atoms with Gasteiger partial charge in [-0.3, -0.25) is 0 Å². The molecule has 3 aromatic rings. The molecule has 1 atom stereocenters. The lowest BCUT2D eigenvalue weighted by atomic mass is 9.92. The van der Waals surface area contributed by atoms with E-state index in [0.29, 0.717) is 12.5 Å². The molecule has 1 aliphatic carbocycles. The first-order chi connectivity index (χ1) is 11.9. The first kappa shape index (κ1) is 14.9. The minimum atomic E-state index is 0.507. The lowest BCUT2D eigenvalue weighted by molar-refractivity contribution is 0.590. The topological polar surface area (TPSA) is 48.5 Å². The van der Waals surface area contributed by atoms with Gasteiger partial charge < -0.3 is 4.57 Å². The first-order valence-corrected chi connectivity index (χ1v) is 8.47. The van der Waals surface area contributed by atoms with Crippen LogP contribution >= 0.6 is 0 Å². The van der Waals surface area contributed by atoms with Gasteiger partial charge in [0.1, 0.15) is 12.4 Å². The molecule has 2 aromatic heterocycles. The van der Waals surface area contributed by atoms with Crippen molar-refractivity contribution in [2.45, 2.75) is 38.3 Å². The molecule has 0 saturated heterocycles. The maximum Gasteiger partial charge on any atom is 0.130 e. The Labute approximate surface area is 141 Å². The van der Waals surface area contributed by atoms with Crippen molar-refractivity contribution in [1.82, 2.24) is 24.5 Å². The van der Waals surface area contributed by atoms with E-state index in [9.17, 15) is 0 Å². The molecule has 1 aromatic carbocycles. The standard InChI is InChI=1S/C19H21N5/c1-3-7-16(8-4-1)13-23-12-11-20-19(23)15-24-14-18(21-22-24)17-9-5-2-6-10-17/h1-5,7-8,11-12,14,17H,6,9-10,13,15H2. The van der Waals surface area contributed by atoms with Gasteiger partial charge in [0.05, 0.1) is 5.69 Å². The molecule has 0 aliphatic heterocycles. The number of imidazole rings is 1. The normalized spacial score (nSPS) is 17.2. The van der Waals surface area contributed by atoms with Crippen LogP contribution in [0.2, 0.25) is 0 Å². The summed E-state index contributed by atoms with van der Waals surface area (Å²) in [5.41, 5.74) is 2.37. The van der Waals surface area contributed by atoms with E-state index in [-0.39, 0.29) is 0 Å². The molecule has 1 unspecified atom stereocenters.